The molecule has 0 aliphatic heterocycles. The second-order valence-electron chi connectivity index (χ2n) is 4.44. The molecule has 0 fully saturated rings. The zero-order chi connectivity index (χ0) is 15.5. The summed E-state index contributed by atoms with van der Waals surface area (Å²) in [5, 5.41) is 6.40. The van der Waals surface area contributed by atoms with Gasteiger partial charge in [0.1, 0.15) is 12.4 Å². The first-order valence-corrected chi connectivity index (χ1v) is 7.49. The van der Waals surface area contributed by atoms with Crippen LogP contribution in [-0.2, 0) is 9.53 Å². The summed E-state index contributed by atoms with van der Waals surface area (Å²) in [4.78, 5) is 11.9. The second kappa shape index (κ2) is 10.4. The molecule has 0 atom stereocenters. The van der Waals surface area contributed by atoms with Crippen molar-refractivity contribution in [3.05, 3.63) is 23.2 Å². The van der Waals surface area contributed by atoms with E-state index in [-0.39, 0.29) is 5.91 Å². The van der Waals surface area contributed by atoms with Crippen LogP contribution in [0.1, 0.15) is 19.8 Å². The van der Waals surface area contributed by atoms with Gasteiger partial charge in [0.15, 0.2) is 0 Å². The fraction of sp³-hybridized carbons (Fsp3) is 0.533. The van der Waals surface area contributed by atoms with E-state index in [1.807, 2.05) is 14.0 Å². The first kappa shape index (κ1) is 17.8. The SMILES string of the molecule is CCOCCOc1ccc(Cl)cc1NC(=O)CCCNC. The Morgan fingerprint density at radius 2 is 2.14 bits per heavy atom. The number of hydrogen-bond acceptors (Lipinski definition) is 4. The minimum Gasteiger partial charge on any atom is -0.489 e. The number of nitrogens with one attached hydrogen (secondary N) is 2. The van der Waals surface area contributed by atoms with Crippen molar-refractivity contribution in [2.45, 2.75) is 19.8 Å². The highest BCUT2D eigenvalue weighted by Gasteiger charge is 2.09. The van der Waals surface area contributed by atoms with Crippen molar-refractivity contribution in [1.29, 1.82) is 0 Å². The van der Waals surface area contributed by atoms with Crippen LogP contribution in [0, 0.1) is 0 Å². The molecule has 0 saturated carbocycles. The number of amides is 1. The predicted molar refractivity (Wildman–Crippen MR) is 85.2 cm³/mol. The van der Waals surface area contributed by atoms with Crippen molar-refractivity contribution in [2.75, 3.05) is 38.7 Å². The monoisotopic (exact) mass is 314 g/mol. The molecule has 0 unspecified atom stereocenters. The van der Waals surface area contributed by atoms with Gasteiger partial charge in [0, 0.05) is 18.1 Å². The number of halogens is 1. The van der Waals surface area contributed by atoms with Gasteiger partial charge < -0.3 is 20.1 Å². The summed E-state index contributed by atoms with van der Waals surface area (Å²) < 4.78 is 10.8. The van der Waals surface area contributed by atoms with E-state index >= 15 is 0 Å². The molecule has 5 nitrogen and oxygen atoms in total. The number of benzene rings is 1. The molecule has 0 aliphatic rings. The lowest BCUT2D eigenvalue weighted by atomic mass is 10.2. The molecule has 2 N–H and O–H groups in total. The summed E-state index contributed by atoms with van der Waals surface area (Å²) in [5.41, 5.74) is 0.591. The minimum absolute atomic E-state index is 0.0535. The van der Waals surface area contributed by atoms with Crippen molar-refractivity contribution in [2.24, 2.45) is 0 Å². The third-order valence-electron chi connectivity index (χ3n) is 2.74. The first-order chi connectivity index (χ1) is 10.2. The maximum Gasteiger partial charge on any atom is 0.224 e. The van der Waals surface area contributed by atoms with Crippen LogP contribution in [0.15, 0.2) is 18.2 Å². The first-order valence-electron chi connectivity index (χ1n) is 7.12. The van der Waals surface area contributed by atoms with E-state index in [9.17, 15) is 4.79 Å². The fourth-order valence-corrected chi connectivity index (χ4v) is 1.89. The zero-order valence-electron chi connectivity index (χ0n) is 12.6. The van der Waals surface area contributed by atoms with Gasteiger partial charge in [0.05, 0.1) is 12.3 Å². The summed E-state index contributed by atoms with van der Waals surface area (Å²) >= 11 is 5.97. The number of ether oxygens (including phenoxy) is 2. The number of carbonyl (C=O) groups excluding carboxylic acids is 1. The van der Waals surface area contributed by atoms with E-state index in [4.69, 9.17) is 21.1 Å². The Morgan fingerprint density at radius 3 is 2.86 bits per heavy atom. The number of carbonyl (C=O) groups is 1. The number of hydrogen-bond donors (Lipinski definition) is 2. The van der Waals surface area contributed by atoms with Crippen LogP contribution in [0.3, 0.4) is 0 Å². The number of anilines is 1. The molecule has 0 heterocycles. The molecule has 1 aromatic rings. The summed E-state index contributed by atoms with van der Waals surface area (Å²) in [6, 6.07) is 5.17. The maximum absolute atomic E-state index is 11.9. The summed E-state index contributed by atoms with van der Waals surface area (Å²) in [7, 11) is 1.86. The van der Waals surface area contributed by atoms with Crippen molar-refractivity contribution >= 4 is 23.2 Å². The Morgan fingerprint density at radius 1 is 1.33 bits per heavy atom. The molecule has 0 aliphatic carbocycles. The molecular formula is C15H23ClN2O3. The topological polar surface area (TPSA) is 59.6 Å². The van der Waals surface area contributed by atoms with Crippen molar-refractivity contribution in [3.8, 4) is 5.75 Å². The molecular weight excluding hydrogens is 292 g/mol. The molecule has 1 amide bonds. The van der Waals surface area contributed by atoms with Crippen LogP contribution < -0.4 is 15.4 Å². The Balaban J connectivity index is 2.57. The third kappa shape index (κ3) is 7.32. The predicted octanol–water partition coefficient (Wildman–Crippen LogP) is 2.69. The normalized spacial score (nSPS) is 10.4. The highest BCUT2D eigenvalue weighted by atomic mass is 35.5. The van der Waals surface area contributed by atoms with Crippen LogP contribution in [0.2, 0.25) is 5.02 Å². The van der Waals surface area contributed by atoms with Crippen LogP contribution >= 0.6 is 11.6 Å². The average molecular weight is 315 g/mol. The smallest absolute Gasteiger partial charge is 0.224 e. The van der Waals surface area contributed by atoms with Crippen molar-refractivity contribution < 1.29 is 14.3 Å². The van der Waals surface area contributed by atoms with Gasteiger partial charge in [-0.1, -0.05) is 11.6 Å². The van der Waals surface area contributed by atoms with E-state index in [0.717, 1.165) is 13.0 Å². The van der Waals surface area contributed by atoms with Crippen molar-refractivity contribution in [1.82, 2.24) is 5.32 Å². The lowest BCUT2D eigenvalue weighted by molar-refractivity contribution is -0.116. The van der Waals surface area contributed by atoms with E-state index in [2.05, 4.69) is 10.6 Å². The third-order valence-corrected chi connectivity index (χ3v) is 2.97. The maximum atomic E-state index is 11.9. The van der Waals surface area contributed by atoms with Gasteiger partial charge in [0.2, 0.25) is 5.91 Å². The molecule has 0 bridgehead atoms. The van der Waals surface area contributed by atoms with Gasteiger partial charge in [-0.2, -0.15) is 0 Å². The standard InChI is InChI=1S/C15H23ClN2O3/c1-3-20-9-10-21-14-7-6-12(16)11-13(14)18-15(19)5-4-8-17-2/h6-7,11,17H,3-5,8-10H2,1-2H3,(H,18,19). The molecule has 6 heteroatoms. The Labute approximate surface area is 131 Å². The molecule has 1 aromatic carbocycles. The Hall–Kier alpha value is -1.30. The van der Waals surface area contributed by atoms with Crippen LogP contribution in [0.4, 0.5) is 5.69 Å². The van der Waals surface area contributed by atoms with Gasteiger partial charge in [-0.15, -0.1) is 0 Å². The lowest BCUT2D eigenvalue weighted by Crippen LogP contribution is -2.16. The van der Waals surface area contributed by atoms with Crippen molar-refractivity contribution in [3.63, 3.8) is 0 Å². The minimum atomic E-state index is -0.0535. The van der Waals surface area contributed by atoms with E-state index in [0.29, 0.717) is 42.7 Å². The quantitative estimate of drug-likeness (QED) is 0.652. The van der Waals surface area contributed by atoms with E-state index in [1.165, 1.54) is 0 Å². The molecule has 0 spiro atoms. The molecule has 0 saturated heterocycles. The average Bonchev–Trinajstić information content (AvgIpc) is 2.46. The van der Waals surface area contributed by atoms with E-state index < -0.39 is 0 Å². The van der Waals surface area contributed by atoms with Gasteiger partial charge in [-0.05, 0) is 45.1 Å². The summed E-state index contributed by atoms with van der Waals surface area (Å²) in [6.45, 7) is 4.32. The lowest BCUT2D eigenvalue weighted by Gasteiger charge is -2.13. The van der Waals surface area contributed by atoms with Gasteiger partial charge >= 0.3 is 0 Å². The summed E-state index contributed by atoms with van der Waals surface area (Å²) in [6.07, 6.45) is 1.23. The largest absolute Gasteiger partial charge is 0.489 e. The molecule has 118 valence electrons. The Bertz CT molecular complexity index is 441. The highest BCUT2D eigenvalue weighted by molar-refractivity contribution is 6.31. The van der Waals surface area contributed by atoms with Gasteiger partial charge in [-0.3, -0.25) is 4.79 Å². The molecule has 0 radical (unpaired) electrons. The Kier molecular flexibility index (Phi) is 8.82. The van der Waals surface area contributed by atoms with Gasteiger partial charge in [-0.25, -0.2) is 0 Å². The second-order valence-corrected chi connectivity index (χ2v) is 4.88. The fourth-order valence-electron chi connectivity index (χ4n) is 1.72. The molecule has 21 heavy (non-hydrogen) atoms. The van der Waals surface area contributed by atoms with Crippen LogP contribution in [0.25, 0.3) is 0 Å². The number of rotatable bonds is 10. The molecule has 0 aromatic heterocycles. The van der Waals surface area contributed by atoms with Crippen LogP contribution in [-0.4, -0.2) is 39.3 Å². The molecule has 1 rings (SSSR count). The van der Waals surface area contributed by atoms with Crippen LogP contribution in [0.5, 0.6) is 5.75 Å². The van der Waals surface area contributed by atoms with Gasteiger partial charge in [0.25, 0.3) is 0 Å². The summed E-state index contributed by atoms with van der Waals surface area (Å²) in [5.74, 6) is 0.545. The highest BCUT2D eigenvalue weighted by Crippen LogP contribution is 2.28. The van der Waals surface area contributed by atoms with E-state index in [1.54, 1.807) is 18.2 Å². The zero-order valence-corrected chi connectivity index (χ0v) is 13.3.